The number of nitrogens with zero attached hydrogens (tertiary/aromatic N) is 1. The van der Waals surface area contributed by atoms with E-state index in [2.05, 4.69) is 47.8 Å². The van der Waals surface area contributed by atoms with E-state index >= 15 is 0 Å². The van der Waals surface area contributed by atoms with Gasteiger partial charge in [-0.3, -0.25) is 0 Å². The predicted molar refractivity (Wildman–Crippen MR) is 81.1 cm³/mol. The molecule has 2 N–H and O–H groups in total. The molecule has 1 aromatic rings. The molecule has 0 saturated carbocycles. The lowest BCUT2D eigenvalue weighted by molar-refractivity contribution is 0.302. The number of hydrogen-bond donors (Lipinski definition) is 2. The molecule has 2 aliphatic heterocycles. The molecule has 0 saturated heterocycles. The first-order chi connectivity index (χ1) is 9.19. The molecule has 0 radical (unpaired) electrons. The van der Waals surface area contributed by atoms with Gasteiger partial charge in [0, 0.05) is 10.9 Å². The Labute approximate surface area is 119 Å². The van der Waals surface area contributed by atoms with Gasteiger partial charge in [-0.05, 0) is 44.3 Å². The largest absolute Gasteiger partial charge is 0.490 e. The number of fused-ring (bicyclic) bond motifs is 2. The first kappa shape index (κ1) is 12.9. The van der Waals surface area contributed by atoms with Crippen LogP contribution in [0.2, 0.25) is 0 Å². The summed E-state index contributed by atoms with van der Waals surface area (Å²) in [7, 11) is 0. The second-order valence-corrected chi connectivity index (χ2v) is 6.16. The van der Waals surface area contributed by atoms with Crippen LogP contribution in [0.4, 0.5) is 11.4 Å². The molecular formula is C14H21N3OS. The fraction of sp³-hybridized carbons (Fsp3) is 0.571. The third kappa shape index (κ3) is 2.37. The molecule has 2 heterocycles. The SMILES string of the molecule is CCC1NSc2cc3c(cc2N1)N(C(C)C)CCO3. The van der Waals surface area contributed by atoms with Gasteiger partial charge in [0.2, 0.25) is 0 Å². The van der Waals surface area contributed by atoms with Crippen LogP contribution in [0.3, 0.4) is 0 Å². The van der Waals surface area contributed by atoms with Crippen molar-refractivity contribution in [2.75, 3.05) is 23.4 Å². The molecule has 0 spiro atoms. The quantitative estimate of drug-likeness (QED) is 0.814. The van der Waals surface area contributed by atoms with Crippen LogP contribution in [-0.2, 0) is 0 Å². The first-order valence-corrected chi connectivity index (χ1v) is 7.77. The summed E-state index contributed by atoms with van der Waals surface area (Å²) in [4.78, 5) is 3.63. The monoisotopic (exact) mass is 279 g/mol. The van der Waals surface area contributed by atoms with Crippen molar-refractivity contribution >= 4 is 23.3 Å². The van der Waals surface area contributed by atoms with E-state index in [0.717, 1.165) is 25.3 Å². The Hall–Kier alpha value is -1.07. The molecule has 19 heavy (non-hydrogen) atoms. The first-order valence-electron chi connectivity index (χ1n) is 6.95. The number of ether oxygens (including phenoxy) is 1. The maximum absolute atomic E-state index is 5.81. The standard InChI is InChI=1S/C14H21N3OS/c1-4-14-15-10-7-11-12(8-13(10)19-16-14)18-6-5-17(11)9(2)3/h7-9,14-16H,4-6H2,1-3H3. The Morgan fingerprint density at radius 3 is 3.05 bits per heavy atom. The molecule has 0 aliphatic carbocycles. The van der Waals surface area contributed by atoms with Gasteiger partial charge in [-0.25, -0.2) is 4.72 Å². The zero-order chi connectivity index (χ0) is 13.4. The molecule has 2 aliphatic rings. The van der Waals surface area contributed by atoms with Crippen molar-refractivity contribution < 1.29 is 4.74 Å². The van der Waals surface area contributed by atoms with Crippen LogP contribution in [0.15, 0.2) is 17.0 Å². The fourth-order valence-corrected chi connectivity index (χ4v) is 3.42. The maximum Gasteiger partial charge on any atom is 0.144 e. The van der Waals surface area contributed by atoms with E-state index in [9.17, 15) is 0 Å². The van der Waals surface area contributed by atoms with E-state index in [4.69, 9.17) is 4.74 Å². The number of anilines is 2. The second kappa shape index (κ2) is 5.13. The molecule has 1 atom stereocenters. The smallest absolute Gasteiger partial charge is 0.144 e. The van der Waals surface area contributed by atoms with Gasteiger partial charge in [0.1, 0.15) is 12.4 Å². The van der Waals surface area contributed by atoms with Crippen LogP contribution in [0.5, 0.6) is 5.75 Å². The minimum atomic E-state index is 0.340. The Kier molecular flexibility index (Phi) is 3.50. The van der Waals surface area contributed by atoms with Crippen LogP contribution in [-0.4, -0.2) is 25.4 Å². The normalized spacial score (nSPS) is 21.5. The average Bonchev–Trinajstić information content (AvgIpc) is 2.43. The van der Waals surface area contributed by atoms with Gasteiger partial charge in [0.05, 0.1) is 24.1 Å². The van der Waals surface area contributed by atoms with Gasteiger partial charge in [0.15, 0.2) is 0 Å². The molecule has 104 valence electrons. The average molecular weight is 279 g/mol. The van der Waals surface area contributed by atoms with Crippen molar-refractivity contribution in [2.45, 2.75) is 44.3 Å². The molecule has 4 nitrogen and oxygen atoms in total. The Morgan fingerprint density at radius 2 is 2.32 bits per heavy atom. The lowest BCUT2D eigenvalue weighted by Crippen LogP contribution is -2.39. The van der Waals surface area contributed by atoms with Crippen LogP contribution in [0.1, 0.15) is 27.2 Å². The van der Waals surface area contributed by atoms with Crippen molar-refractivity contribution in [1.82, 2.24) is 4.72 Å². The molecule has 0 bridgehead atoms. The minimum Gasteiger partial charge on any atom is -0.490 e. The lowest BCUT2D eigenvalue weighted by Gasteiger charge is -2.36. The van der Waals surface area contributed by atoms with Crippen molar-refractivity contribution in [3.8, 4) is 5.75 Å². The molecule has 0 aromatic heterocycles. The summed E-state index contributed by atoms with van der Waals surface area (Å²) in [5.41, 5.74) is 2.43. The highest BCUT2D eigenvalue weighted by molar-refractivity contribution is 7.97. The summed E-state index contributed by atoms with van der Waals surface area (Å²) >= 11 is 1.69. The fourth-order valence-electron chi connectivity index (χ4n) is 2.53. The number of benzene rings is 1. The van der Waals surface area contributed by atoms with Crippen LogP contribution >= 0.6 is 11.9 Å². The summed E-state index contributed by atoms with van der Waals surface area (Å²) in [6, 6.07) is 4.88. The molecule has 1 aromatic carbocycles. The summed E-state index contributed by atoms with van der Waals surface area (Å²) in [6.45, 7) is 8.37. The van der Waals surface area contributed by atoms with E-state index in [0.29, 0.717) is 12.2 Å². The van der Waals surface area contributed by atoms with Crippen LogP contribution in [0.25, 0.3) is 0 Å². The van der Waals surface area contributed by atoms with E-state index in [1.807, 2.05) is 0 Å². The van der Waals surface area contributed by atoms with Gasteiger partial charge >= 0.3 is 0 Å². The molecule has 5 heteroatoms. The number of hydrogen-bond acceptors (Lipinski definition) is 5. The summed E-state index contributed by atoms with van der Waals surface area (Å²) in [6.07, 6.45) is 1.40. The summed E-state index contributed by atoms with van der Waals surface area (Å²) in [5.74, 6) is 1.00. The second-order valence-electron chi connectivity index (χ2n) is 5.28. The van der Waals surface area contributed by atoms with Crippen LogP contribution < -0.4 is 19.7 Å². The molecule has 0 amide bonds. The number of rotatable bonds is 2. The zero-order valence-electron chi connectivity index (χ0n) is 11.7. The molecular weight excluding hydrogens is 258 g/mol. The lowest BCUT2D eigenvalue weighted by atomic mass is 10.1. The van der Waals surface area contributed by atoms with Gasteiger partial charge in [-0.15, -0.1) is 0 Å². The van der Waals surface area contributed by atoms with E-state index in [1.165, 1.54) is 16.3 Å². The predicted octanol–water partition coefficient (Wildman–Crippen LogP) is 3.05. The Bertz CT molecular complexity index is 478. The van der Waals surface area contributed by atoms with Crippen molar-refractivity contribution in [2.24, 2.45) is 0 Å². The van der Waals surface area contributed by atoms with E-state index < -0.39 is 0 Å². The topological polar surface area (TPSA) is 36.5 Å². The molecule has 0 fully saturated rings. The molecule has 1 unspecified atom stereocenters. The molecule has 3 rings (SSSR count). The van der Waals surface area contributed by atoms with Gasteiger partial charge in [-0.1, -0.05) is 6.92 Å². The van der Waals surface area contributed by atoms with E-state index in [-0.39, 0.29) is 0 Å². The highest BCUT2D eigenvalue weighted by Crippen LogP contribution is 2.42. The highest BCUT2D eigenvalue weighted by atomic mass is 32.2. The Morgan fingerprint density at radius 1 is 1.47 bits per heavy atom. The van der Waals surface area contributed by atoms with Crippen molar-refractivity contribution in [3.05, 3.63) is 12.1 Å². The summed E-state index contributed by atoms with van der Waals surface area (Å²) in [5, 5.41) is 3.54. The summed E-state index contributed by atoms with van der Waals surface area (Å²) < 4.78 is 9.21. The third-order valence-corrected chi connectivity index (χ3v) is 4.59. The van der Waals surface area contributed by atoms with Gasteiger partial charge < -0.3 is 15.0 Å². The number of nitrogens with one attached hydrogen (secondary N) is 2. The minimum absolute atomic E-state index is 0.340. The van der Waals surface area contributed by atoms with Gasteiger partial charge in [0.25, 0.3) is 0 Å². The van der Waals surface area contributed by atoms with Crippen LogP contribution in [0, 0.1) is 0 Å². The van der Waals surface area contributed by atoms with Crippen molar-refractivity contribution in [1.29, 1.82) is 0 Å². The Balaban J connectivity index is 1.98. The zero-order valence-corrected chi connectivity index (χ0v) is 12.5. The highest BCUT2D eigenvalue weighted by Gasteiger charge is 2.25. The third-order valence-electron chi connectivity index (χ3n) is 3.63. The van der Waals surface area contributed by atoms with E-state index in [1.54, 1.807) is 11.9 Å². The van der Waals surface area contributed by atoms with Gasteiger partial charge in [-0.2, -0.15) is 0 Å². The maximum atomic E-state index is 5.81. The van der Waals surface area contributed by atoms with Crippen molar-refractivity contribution in [3.63, 3.8) is 0 Å².